The average Bonchev–Trinajstić information content (AvgIpc) is 3.27. The number of fused-ring (bicyclic) bond motifs is 2. The first-order valence-electron chi connectivity index (χ1n) is 9.03. The summed E-state index contributed by atoms with van der Waals surface area (Å²) >= 11 is 3.26. The first-order valence-corrected chi connectivity index (χ1v) is 9.82. The van der Waals surface area contributed by atoms with Gasteiger partial charge >= 0.3 is 5.97 Å². The lowest BCUT2D eigenvalue weighted by atomic mass is 9.91. The quantitative estimate of drug-likeness (QED) is 0.679. The van der Waals surface area contributed by atoms with Crippen LogP contribution in [-0.2, 0) is 20.5 Å². The van der Waals surface area contributed by atoms with Crippen LogP contribution in [0.25, 0.3) is 0 Å². The number of halogens is 2. The number of carbonyl (C=O) groups is 2. The zero-order chi connectivity index (χ0) is 18.8. The summed E-state index contributed by atoms with van der Waals surface area (Å²) in [5, 5.41) is 0. The number of likely N-dealkylation sites (tertiary alicyclic amines) is 1. The van der Waals surface area contributed by atoms with Crippen molar-refractivity contribution in [2.24, 2.45) is 0 Å². The normalized spacial score (nSPS) is 24.8. The topological polar surface area (TPSA) is 46.6 Å². The van der Waals surface area contributed by atoms with Crippen LogP contribution in [0.4, 0.5) is 4.39 Å². The van der Waals surface area contributed by atoms with Gasteiger partial charge in [0.2, 0.25) is 5.91 Å². The zero-order valence-corrected chi connectivity index (χ0v) is 16.1. The summed E-state index contributed by atoms with van der Waals surface area (Å²) in [5.74, 6) is -0.761. The van der Waals surface area contributed by atoms with Crippen LogP contribution in [0.15, 0.2) is 46.9 Å². The van der Waals surface area contributed by atoms with Gasteiger partial charge in [-0.2, -0.15) is 0 Å². The number of amides is 1. The molecule has 138 valence electrons. The Morgan fingerprint density at radius 2 is 1.89 bits per heavy atom. The van der Waals surface area contributed by atoms with E-state index in [0.717, 1.165) is 5.56 Å². The van der Waals surface area contributed by atoms with Crippen molar-refractivity contribution in [3.05, 3.63) is 69.4 Å². The fraction of sp³-hybridized carbons (Fsp3) is 0.333. The zero-order valence-electron chi connectivity index (χ0n) is 14.5. The SMILES string of the molecule is O=C1O[C@]2(CCN(C(=O)C3(c4ccc(Br)cc4F)CC3)C2)c2ccccc21. The second-order valence-electron chi connectivity index (χ2n) is 7.61. The maximum absolute atomic E-state index is 14.5. The number of carbonyl (C=O) groups excluding carboxylic acids is 2. The second kappa shape index (κ2) is 5.64. The Kier molecular flexibility index (Phi) is 3.54. The first-order chi connectivity index (χ1) is 13.0. The molecule has 1 aliphatic carbocycles. The van der Waals surface area contributed by atoms with Gasteiger partial charge in [-0.05, 0) is 31.0 Å². The van der Waals surface area contributed by atoms with Crippen molar-refractivity contribution in [3.63, 3.8) is 0 Å². The Labute approximate surface area is 164 Å². The van der Waals surface area contributed by atoms with Crippen molar-refractivity contribution >= 4 is 27.8 Å². The molecule has 0 N–H and O–H groups in total. The van der Waals surface area contributed by atoms with E-state index in [4.69, 9.17) is 4.74 Å². The fourth-order valence-electron chi connectivity index (χ4n) is 4.51. The maximum atomic E-state index is 14.5. The van der Waals surface area contributed by atoms with Crippen LogP contribution >= 0.6 is 15.9 Å². The van der Waals surface area contributed by atoms with Gasteiger partial charge in [0, 0.05) is 28.6 Å². The summed E-state index contributed by atoms with van der Waals surface area (Å²) in [6.45, 7) is 0.828. The highest BCUT2D eigenvalue weighted by Crippen LogP contribution is 2.52. The van der Waals surface area contributed by atoms with E-state index in [2.05, 4.69) is 15.9 Å². The van der Waals surface area contributed by atoms with Crippen LogP contribution in [0.5, 0.6) is 0 Å². The number of ether oxygens (including phenoxy) is 1. The number of rotatable bonds is 2. The molecule has 2 aromatic carbocycles. The Hall–Kier alpha value is -2.21. The predicted molar refractivity (Wildman–Crippen MR) is 99.7 cm³/mol. The van der Waals surface area contributed by atoms with Gasteiger partial charge in [0.05, 0.1) is 17.5 Å². The van der Waals surface area contributed by atoms with E-state index in [1.165, 1.54) is 6.07 Å². The molecular weight excluding hydrogens is 413 g/mol. The molecule has 3 aliphatic rings. The third-order valence-corrected chi connectivity index (χ3v) is 6.54. The van der Waals surface area contributed by atoms with Crippen LogP contribution in [0.3, 0.4) is 0 Å². The molecule has 1 atom stereocenters. The summed E-state index contributed by atoms with van der Waals surface area (Å²) < 4.78 is 20.9. The van der Waals surface area contributed by atoms with E-state index in [1.807, 2.05) is 18.2 Å². The van der Waals surface area contributed by atoms with Crippen LogP contribution in [0.2, 0.25) is 0 Å². The molecule has 5 rings (SSSR count). The molecule has 2 aliphatic heterocycles. The van der Waals surface area contributed by atoms with E-state index >= 15 is 0 Å². The molecule has 2 fully saturated rings. The smallest absolute Gasteiger partial charge is 0.339 e. The van der Waals surface area contributed by atoms with Gasteiger partial charge in [-0.1, -0.05) is 40.2 Å². The molecule has 4 nitrogen and oxygen atoms in total. The molecule has 0 radical (unpaired) electrons. The molecule has 2 heterocycles. The molecule has 27 heavy (non-hydrogen) atoms. The molecule has 1 saturated heterocycles. The standard InChI is InChI=1S/C21H17BrFNO3/c22-13-5-6-16(17(23)11-13)20(7-8-20)19(26)24-10-9-21(12-24)15-4-2-1-3-14(15)18(25)27-21/h1-6,11H,7-10,12H2/t21-/m0/s1. The highest BCUT2D eigenvalue weighted by molar-refractivity contribution is 9.10. The fourth-order valence-corrected chi connectivity index (χ4v) is 4.84. The minimum atomic E-state index is -0.779. The van der Waals surface area contributed by atoms with E-state index in [9.17, 15) is 14.0 Å². The van der Waals surface area contributed by atoms with Crippen molar-refractivity contribution in [1.82, 2.24) is 4.90 Å². The Morgan fingerprint density at radius 3 is 2.63 bits per heavy atom. The average molecular weight is 430 g/mol. The number of benzene rings is 2. The van der Waals surface area contributed by atoms with Gasteiger partial charge in [-0.3, -0.25) is 4.79 Å². The van der Waals surface area contributed by atoms with E-state index in [1.54, 1.807) is 23.1 Å². The van der Waals surface area contributed by atoms with E-state index < -0.39 is 11.0 Å². The molecule has 0 unspecified atom stereocenters. The van der Waals surface area contributed by atoms with E-state index in [-0.39, 0.29) is 17.7 Å². The van der Waals surface area contributed by atoms with Crippen molar-refractivity contribution in [2.45, 2.75) is 30.3 Å². The maximum Gasteiger partial charge on any atom is 0.339 e. The third-order valence-electron chi connectivity index (χ3n) is 6.05. The molecule has 1 spiro atoms. The minimum Gasteiger partial charge on any atom is -0.449 e. The third kappa shape index (κ3) is 2.39. The van der Waals surface area contributed by atoms with Crippen molar-refractivity contribution in [3.8, 4) is 0 Å². The van der Waals surface area contributed by atoms with Gasteiger partial charge < -0.3 is 9.64 Å². The summed E-state index contributed by atoms with van der Waals surface area (Å²) in [6, 6.07) is 12.2. The van der Waals surface area contributed by atoms with Crippen LogP contribution in [0.1, 0.15) is 40.7 Å². The number of hydrogen-bond donors (Lipinski definition) is 0. The first kappa shape index (κ1) is 16.9. The lowest BCUT2D eigenvalue weighted by molar-refractivity contribution is -0.134. The van der Waals surface area contributed by atoms with Crippen molar-refractivity contribution in [1.29, 1.82) is 0 Å². The Balaban J connectivity index is 1.44. The molecule has 1 amide bonds. The van der Waals surface area contributed by atoms with E-state index in [0.29, 0.717) is 48.0 Å². The molecule has 0 aromatic heterocycles. The number of esters is 1. The van der Waals surface area contributed by atoms with Crippen LogP contribution in [0, 0.1) is 5.82 Å². The van der Waals surface area contributed by atoms with Gasteiger partial charge in [0.25, 0.3) is 0 Å². The highest BCUT2D eigenvalue weighted by Gasteiger charge is 2.58. The van der Waals surface area contributed by atoms with Gasteiger partial charge in [0.15, 0.2) is 5.60 Å². The second-order valence-corrected chi connectivity index (χ2v) is 8.53. The summed E-state index contributed by atoms with van der Waals surface area (Å²) in [6.07, 6.45) is 1.86. The summed E-state index contributed by atoms with van der Waals surface area (Å²) in [5.41, 5.74) is 0.341. The molecular formula is C21H17BrFNO3. The molecule has 6 heteroatoms. The highest BCUT2D eigenvalue weighted by atomic mass is 79.9. The largest absolute Gasteiger partial charge is 0.449 e. The Bertz CT molecular complexity index is 987. The predicted octanol–water partition coefficient (Wildman–Crippen LogP) is 3.92. The molecule has 1 saturated carbocycles. The monoisotopic (exact) mass is 429 g/mol. The summed E-state index contributed by atoms with van der Waals surface area (Å²) in [4.78, 5) is 27.3. The van der Waals surface area contributed by atoms with Crippen LogP contribution in [-0.4, -0.2) is 29.9 Å². The number of hydrogen-bond acceptors (Lipinski definition) is 3. The van der Waals surface area contributed by atoms with Crippen molar-refractivity contribution in [2.75, 3.05) is 13.1 Å². The Morgan fingerprint density at radius 1 is 1.11 bits per heavy atom. The van der Waals surface area contributed by atoms with Gasteiger partial charge in [-0.25, -0.2) is 9.18 Å². The molecule has 2 aromatic rings. The number of nitrogens with zero attached hydrogens (tertiary/aromatic N) is 1. The molecule has 0 bridgehead atoms. The lowest BCUT2D eigenvalue weighted by Crippen LogP contribution is -2.40. The van der Waals surface area contributed by atoms with Gasteiger partial charge in [-0.15, -0.1) is 0 Å². The van der Waals surface area contributed by atoms with Crippen molar-refractivity contribution < 1.29 is 18.7 Å². The van der Waals surface area contributed by atoms with Gasteiger partial charge in [0.1, 0.15) is 5.82 Å². The minimum absolute atomic E-state index is 0.0685. The summed E-state index contributed by atoms with van der Waals surface area (Å²) in [7, 11) is 0. The van der Waals surface area contributed by atoms with Crippen LogP contribution < -0.4 is 0 Å². The lowest BCUT2D eigenvalue weighted by Gasteiger charge is -2.27.